The molecule has 1 saturated heterocycles. The number of aryl methyl sites for hydroxylation is 1. The van der Waals surface area contributed by atoms with Crippen LogP contribution in [-0.2, 0) is 18.3 Å². The summed E-state index contributed by atoms with van der Waals surface area (Å²) in [5.74, 6) is 0.908. The van der Waals surface area contributed by atoms with Gasteiger partial charge in [-0.1, -0.05) is 0 Å². The quantitative estimate of drug-likeness (QED) is 0.846. The van der Waals surface area contributed by atoms with Crippen molar-refractivity contribution in [3.05, 3.63) is 29.8 Å². The molecule has 21 heavy (non-hydrogen) atoms. The third-order valence-electron chi connectivity index (χ3n) is 3.96. The highest BCUT2D eigenvalue weighted by atomic mass is 16.5. The van der Waals surface area contributed by atoms with Crippen LogP contribution >= 0.6 is 0 Å². The molecule has 1 aliphatic heterocycles. The summed E-state index contributed by atoms with van der Waals surface area (Å²) in [4.78, 5) is 2.39. The summed E-state index contributed by atoms with van der Waals surface area (Å²) < 4.78 is 9.71. The van der Waals surface area contributed by atoms with Crippen LogP contribution in [-0.4, -0.2) is 49.4 Å². The Morgan fingerprint density at radius 2 is 2.29 bits per heavy atom. The number of tetrazole rings is 1. The summed E-state index contributed by atoms with van der Waals surface area (Å²) in [6, 6.07) is 4.73. The molecular formula is C14H22N6O. The zero-order valence-electron chi connectivity index (χ0n) is 12.8. The van der Waals surface area contributed by atoms with Crippen LogP contribution in [0.2, 0.25) is 0 Å². The van der Waals surface area contributed by atoms with E-state index in [9.17, 15) is 0 Å². The molecule has 7 heteroatoms. The van der Waals surface area contributed by atoms with E-state index in [1.807, 2.05) is 4.68 Å². The molecule has 3 rings (SSSR count). The van der Waals surface area contributed by atoms with E-state index in [-0.39, 0.29) is 12.1 Å². The Balaban J connectivity index is 1.82. The summed E-state index contributed by atoms with van der Waals surface area (Å²) in [5, 5.41) is 12.1. The van der Waals surface area contributed by atoms with Crippen LogP contribution < -0.4 is 0 Å². The van der Waals surface area contributed by atoms with Crippen molar-refractivity contribution >= 4 is 0 Å². The topological polar surface area (TPSA) is 61.0 Å². The second-order valence-corrected chi connectivity index (χ2v) is 5.74. The minimum Gasteiger partial charge on any atom is -0.378 e. The Hall–Kier alpha value is -1.73. The van der Waals surface area contributed by atoms with Gasteiger partial charge in [-0.2, -0.15) is 0 Å². The maximum atomic E-state index is 5.67. The third kappa shape index (κ3) is 2.84. The SMILES string of the molecule is CC(C)n1nnnc1CN1CCOC[C@@H]1c1cccn1C. The Labute approximate surface area is 124 Å². The molecule has 0 spiro atoms. The van der Waals surface area contributed by atoms with E-state index in [0.717, 1.165) is 25.5 Å². The second-order valence-electron chi connectivity index (χ2n) is 5.74. The van der Waals surface area contributed by atoms with Gasteiger partial charge >= 0.3 is 0 Å². The summed E-state index contributed by atoms with van der Waals surface area (Å²) in [7, 11) is 2.07. The monoisotopic (exact) mass is 290 g/mol. The fourth-order valence-electron chi connectivity index (χ4n) is 2.82. The van der Waals surface area contributed by atoms with E-state index < -0.39 is 0 Å². The molecule has 0 aliphatic carbocycles. The van der Waals surface area contributed by atoms with Gasteiger partial charge in [-0.25, -0.2) is 4.68 Å². The molecule has 0 saturated carbocycles. The molecule has 1 fully saturated rings. The number of nitrogens with zero attached hydrogens (tertiary/aromatic N) is 6. The maximum absolute atomic E-state index is 5.67. The van der Waals surface area contributed by atoms with E-state index in [1.165, 1.54) is 5.69 Å². The zero-order chi connectivity index (χ0) is 14.8. The van der Waals surface area contributed by atoms with Crippen molar-refractivity contribution in [2.45, 2.75) is 32.5 Å². The lowest BCUT2D eigenvalue weighted by molar-refractivity contribution is -0.0170. The fourth-order valence-corrected chi connectivity index (χ4v) is 2.82. The standard InChI is InChI=1S/C14H22N6O/c1-11(2)20-14(15-16-17-20)9-19-7-8-21-10-13(19)12-5-4-6-18(12)3/h4-6,11,13H,7-10H2,1-3H3/t13-/m1/s1. The average molecular weight is 290 g/mol. The van der Waals surface area contributed by atoms with Crippen LogP contribution in [0.4, 0.5) is 0 Å². The molecule has 7 nitrogen and oxygen atoms in total. The normalized spacial score (nSPS) is 20.3. The molecule has 2 aromatic heterocycles. The molecule has 1 aliphatic rings. The van der Waals surface area contributed by atoms with Crippen molar-refractivity contribution in [1.29, 1.82) is 0 Å². The Bertz CT molecular complexity index is 590. The first-order valence-corrected chi connectivity index (χ1v) is 7.36. The fraction of sp³-hybridized carbons (Fsp3) is 0.643. The lowest BCUT2D eigenvalue weighted by Gasteiger charge is -2.35. The van der Waals surface area contributed by atoms with Gasteiger partial charge < -0.3 is 9.30 Å². The summed E-state index contributed by atoms with van der Waals surface area (Å²) in [5.41, 5.74) is 1.26. The van der Waals surface area contributed by atoms with Gasteiger partial charge in [-0.05, 0) is 36.4 Å². The molecule has 0 N–H and O–H groups in total. The van der Waals surface area contributed by atoms with Gasteiger partial charge in [-0.15, -0.1) is 5.10 Å². The van der Waals surface area contributed by atoms with E-state index in [4.69, 9.17) is 4.74 Å². The van der Waals surface area contributed by atoms with E-state index in [0.29, 0.717) is 6.61 Å². The van der Waals surface area contributed by atoms with Gasteiger partial charge in [0.2, 0.25) is 0 Å². The minimum absolute atomic E-state index is 0.246. The van der Waals surface area contributed by atoms with Gasteiger partial charge in [0, 0.05) is 25.5 Å². The Morgan fingerprint density at radius 1 is 1.43 bits per heavy atom. The molecule has 0 radical (unpaired) electrons. The van der Waals surface area contributed by atoms with Crippen molar-refractivity contribution in [3.8, 4) is 0 Å². The third-order valence-corrected chi connectivity index (χ3v) is 3.96. The van der Waals surface area contributed by atoms with Gasteiger partial charge in [0.1, 0.15) is 0 Å². The van der Waals surface area contributed by atoms with Crippen LogP contribution in [0.5, 0.6) is 0 Å². The van der Waals surface area contributed by atoms with Gasteiger partial charge in [0.05, 0.1) is 31.8 Å². The highest BCUT2D eigenvalue weighted by Gasteiger charge is 2.28. The van der Waals surface area contributed by atoms with E-state index >= 15 is 0 Å². The van der Waals surface area contributed by atoms with Crippen LogP contribution in [0.3, 0.4) is 0 Å². The number of aromatic nitrogens is 5. The smallest absolute Gasteiger partial charge is 0.165 e. The number of rotatable bonds is 4. The predicted molar refractivity (Wildman–Crippen MR) is 77.6 cm³/mol. The maximum Gasteiger partial charge on any atom is 0.165 e. The number of morpholine rings is 1. The Kier molecular flexibility index (Phi) is 4.03. The van der Waals surface area contributed by atoms with Gasteiger partial charge in [-0.3, -0.25) is 4.90 Å². The molecule has 0 aromatic carbocycles. The van der Waals surface area contributed by atoms with Gasteiger partial charge in [0.25, 0.3) is 0 Å². The van der Waals surface area contributed by atoms with Crippen LogP contribution in [0.15, 0.2) is 18.3 Å². The molecule has 0 amide bonds. The van der Waals surface area contributed by atoms with Crippen molar-refractivity contribution in [2.75, 3.05) is 19.8 Å². The Morgan fingerprint density at radius 3 is 3.00 bits per heavy atom. The van der Waals surface area contributed by atoms with Crippen LogP contribution in [0, 0.1) is 0 Å². The largest absolute Gasteiger partial charge is 0.378 e. The predicted octanol–water partition coefficient (Wildman–Crippen LogP) is 1.17. The molecule has 114 valence electrons. The van der Waals surface area contributed by atoms with Crippen molar-refractivity contribution < 1.29 is 4.74 Å². The summed E-state index contributed by atoms with van der Waals surface area (Å²) in [6.45, 7) is 7.28. The highest BCUT2D eigenvalue weighted by Crippen LogP contribution is 2.25. The molecule has 2 aromatic rings. The summed E-state index contributed by atoms with van der Waals surface area (Å²) >= 11 is 0. The van der Waals surface area contributed by atoms with E-state index in [1.54, 1.807) is 0 Å². The first-order chi connectivity index (χ1) is 10.2. The molecule has 0 bridgehead atoms. The lowest BCUT2D eigenvalue weighted by atomic mass is 10.1. The highest BCUT2D eigenvalue weighted by molar-refractivity contribution is 5.13. The summed E-state index contributed by atoms with van der Waals surface area (Å²) in [6.07, 6.45) is 2.07. The molecule has 1 atom stereocenters. The lowest BCUT2D eigenvalue weighted by Crippen LogP contribution is -2.40. The minimum atomic E-state index is 0.246. The van der Waals surface area contributed by atoms with Crippen molar-refractivity contribution in [3.63, 3.8) is 0 Å². The molecule has 0 unspecified atom stereocenters. The molecule has 3 heterocycles. The number of hydrogen-bond donors (Lipinski definition) is 0. The van der Waals surface area contributed by atoms with Crippen LogP contribution in [0.1, 0.15) is 37.4 Å². The van der Waals surface area contributed by atoms with Crippen LogP contribution in [0.25, 0.3) is 0 Å². The second kappa shape index (κ2) is 5.95. The van der Waals surface area contributed by atoms with Crippen molar-refractivity contribution in [2.24, 2.45) is 7.05 Å². The first-order valence-electron chi connectivity index (χ1n) is 7.36. The molecular weight excluding hydrogens is 268 g/mol. The number of hydrogen-bond acceptors (Lipinski definition) is 5. The zero-order valence-corrected chi connectivity index (χ0v) is 12.8. The van der Waals surface area contributed by atoms with Gasteiger partial charge in [0.15, 0.2) is 5.82 Å². The first kappa shape index (κ1) is 14.2. The average Bonchev–Trinajstić information content (AvgIpc) is 3.08. The number of ether oxygens (including phenoxy) is 1. The van der Waals surface area contributed by atoms with Crippen molar-refractivity contribution in [1.82, 2.24) is 29.7 Å². The van der Waals surface area contributed by atoms with E-state index in [2.05, 4.69) is 64.2 Å².